The Kier molecular flexibility index (Phi) is 40.9. The fourth-order valence-corrected chi connectivity index (χ4v) is 1.16. The maximum absolute atomic E-state index is 5.25. The standard InChI is InChI=1S/C8H20N2O2.C6H16N2O2.CH6N2/c1-9-3-5-11-7-8-12-6-4-10-2;7-1-3-9-5-6-10-4-2-8;2-1-3/h9-10H,3-8H2,1-2H3;1-8H2;1-3H2. The van der Waals surface area contributed by atoms with Crippen LogP contribution in [0.4, 0.5) is 0 Å². The van der Waals surface area contributed by atoms with Crippen LogP contribution >= 0.6 is 0 Å². The topological polar surface area (TPSA) is 165 Å². The lowest BCUT2D eigenvalue weighted by Gasteiger charge is -2.04. The summed E-state index contributed by atoms with van der Waals surface area (Å²) in [5.74, 6) is 0. The van der Waals surface area contributed by atoms with Gasteiger partial charge in [-0.2, -0.15) is 0 Å². The molecule has 0 rings (SSSR count). The number of nitrogens with one attached hydrogen (secondary N) is 2. The van der Waals surface area contributed by atoms with Crippen LogP contribution in [-0.4, -0.2) is 99.8 Å². The van der Waals surface area contributed by atoms with Crippen molar-refractivity contribution in [1.29, 1.82) is 0 Å². The molecule has 25 heavy (non-hydrogen) atoms. The molecule has 10 nitrogen and oxygen atoms in total. The summed E-state index contributed by atoms with van der Waals surface area (Å²) in [6.07, 6.45) is 0. The van der Waals surface area contributed by atoms with E-state index in [4.69, 9.17) is 30.4 Å². The Labute approximate surface area is 153 Å². The molecular formula is C15H42N6O4. The van der Waals surface area contributed by atoms with Crippen molar-refractivity contribution >= 4 is 0 Å². The predicted molar refractivity (Wildman–Crippen MR) is 102 cm³/mol. The number of rotatable bonds is 16. The first kappa shape index (κ1) is 29.4. The van der Waals surface area contributed by atoms with Crippen LogP contribution in [0.5, 0.6) is 0 Å². The minimum Gasteiger partial charge on any atom is -0.378 e. The van der Waals surface area contributed by atoms with E-state index in [9.17, 15) is 0 Å². The van der Waals surface area contributed by atoms with E-state index in [-0.39, 0.29) is 6.67 Å². The van der Waals surface area contributed by atoms with E-state index in [1.54, 1.807) is 0 Å². The van der Waals surface area contributed by atoms with Gasteiger partial charge < -0.3 is 52.5 Å². The molecule has 0 aromatic carbocycles. The summed E-state index contributed by atoms with van der Waals surface area (Å²) < 4.78 is 20.6. The zero-order valence-corrected chi connectivity index (χ0v) is 16.1. The van der Waals surface area contributed by atoms with Crippen molar-refractivity contribution in [3.8, 4) is 0 Å². The van der Waals surface area contributed by atoms with Gasteiger partial charge in [-0.15, -0.1) is 0 Å². The van der Waals surface area contributed by atoms with Crippen molar-refractivity contribution in [3.63, 3.8) is 0 Å². The number of likely N-dealkylation sites (N-methyl/N-ethyl adjacent to an activating group) is 2. The van der Waals surface area contributed by atoms with Crippen molar-refractivity contribution in [3.05, 3.63) is 0 Å². The Bertz CT molecular complexity index is 177. The molecule has 0 saturated heterocycles. The summed E-state index contributed by atoms with van der Waals surface area (Å²) in [5.41, 5.74) is 19.6. The second kappa shape index (κ2) is 34.8. The van der Waals surface area contributed by atoms with Crippen LogP contribution in [0.3, 0.4) is 0 Å². The van der Waals surface area contributed by atoms with Crippen molar-refractivity contribution < 1.29 is 18.9 Å². The molecule has 0 aliphatic rings. The molecule has 0 bridgehead atoms. The van der Waals surface area contributed by atoms with E-state index in [0.717, 1.165) is 26.3 Å². The highest BCUT2D eigenvalue weighted by atomic mass is 16.5. The van der Waals surface area contributed by atoms with E-state index in [1.807, 2.05) is 14.1 Å². The smallest absolute Gasteiger partial charge is 0.0701 e. The van der Waals surface area contributed by atoms with Gasteiger partial charge in [0, 0.05) is 32.8 Å². The molecule has 10 heteroatoms. The summed E-state index contributed by atoms with van der Waals surface area (Å²) in [5, 5.41) is 6.01. The maximum atomic E-state index is 5.25. The summed E-state index contributed by atoms with van der Waals surface area (Å²) in [6.45, 7) is 8.49. The predicted octanol–water partition coefficient (Wildman–Crippen LogP) is -2.74. The lowest BCUT2D eigenvalue weighted by molar-refractivity contribution is 0.0508. The Hall–Kier alpha value is -0.400. The fraction of sp³-hybridized carbons (Fsp3) is 1.00. The van der Waals surface area contributed by atoms with Crippen LogP contribution in [0.25, 0.3) is 0 Å². The molecule has 0 radical (unpaired) electrons. The highest BCUT2D eigenvalue weighted by Gasteiger charge is 1.88. The first-order valence-corrected chi connectivity index (χ1v) is 8.65. The lowest BCUT2D eigenvalue weighted by atomic mass is 10.6. The van der Waals surface area contributed by atoms with Crippen molar-refractivity contribution in [2.24, 2.45) is 22.9 Å². The van der Waals surface area contributed by atoms with Crippen LogP contribution in [0.15, 0.2) is 0 Å². The highest BCUT2D eigenvalue weighted by Crippen LogP contribution is 1.77. The molecule has 0 unspecified atom stereocenters. The van der Waals surface area contributed by atoms with Crippen molar-refractivity contribution in [2.75, 3.05) is 99.8 Å². The van der Waals surface area contributed by atoms with E-state index in [1.165, 1.54) is 0 Å². The zero-order valence-electron chi connectivity index (χ0n) is 16.1. The van der Waals surface area contributed by atoms with Crippen LogP contribution < -0.4 is 33.6 Å². The molecule has 0 spiro atoms. The van der Waals surface area contributed by atoms with Gasteiger partial charge in [-0.3, -0.25) is 0 Å². The number of ether oxygens (including phenoxy) is 4. The van der Waals surface area contributed by atoms with E-state index in [0.29, 0.717) is 52.7 Å². The third-order valence-electron chi connectivity index (χ3n) is 2.26. The molecule has 0 amide bonds. The van der Waals surface area contributed by atoms with Gasteiger partial charge in [-0.05, 0) is 14.1 Å². The fourth-order valence-electron chi connectivity index (χ4n) is 1.16. The SMILES string of the molecule is CNCCOCCOCCNC.NCCOCCOCCN.NCN. The van der Waals surface area contributed by atoms with E-state index < -0.39 is 0 Å². The summed E-state index contributed by atoms with van der Waals surface area (Å²) in [6, 6.07) is 0. The van der Waals surface area contributed by atoms with Gasteiger partial charge in [0.05, 0.1) is 52.9 Å². The third-order valence-corrected chi connectivity index (χ3v) is 2.26. The molecule has 0 aromatic heterocycles. The molecule has 0 fully saturated rings. The molecule has 0 aliphatic heterocycles. The van der Waals surface area contributed by atoms with Gasteiger partial charge in [-0.25, -0.2) is 0 Å². The largest absolute Gasteiger partial charge is 0.378 e. The quantitative estimate of drug-likeness (QED) is 0.124. The van der Waals surface area contributed by atoms with E-state index >= 15 is 0 Å². The Morgan fingerprint density at radius 2 is 0.800 bits per heavy atom. The van der Waals surface area contributed by atoms with Crippen LogP contribution in [0.1, 0.15) is 0 Å². The van der Waals surface area contributed by atoms with Gasteiger partial charge in [0.2, 0.25) is 0 Å². The second-order valence-electron chi connectivity index (χ2n) is 4.47. The number of nitrogens with two attached hydrogens (primary N) is 4. The molecule has 156 valence electrons. The Balaban J connectivity index is -0.000000338. The lowest BCUT2D eigenvalue weighted by Crippen LogP contribution is -2.18. The van der Waals surface area contributed by atoms with Crippen molar-refractivity contribution in [1.82, 2.24) is 10.6 Å². The molecule has 0 aliphatic carbocycles. The van der Waals surface area contributed by atoms with Crippen LogP contribution in [0, 0.1) is 0 Å². The monoisotopic (exact) mass is 370 g/mol. The molecule has 0 atom stereocenters. The van der Waals surface area contributed by atoms with Crippen LogP contribution in [-0.2, 0) is 18.9 Å². The summed E-state index contributed by atoms with van der Waals surface area (Å²) in [4.78, 5) is 0. The first-order valence-electron chi connectivity index (χ1n) is 8.65. The molecule has 10 N–H and O–H groups in total. The molecule has 0 saturated carbocycles. The maximum Gasteiger partial charge on any atom is 0.0701 e. The minimum atomic E-state index is 0.250. The van der Waals surface area contributed by atoms with Gasteiger partial charge >= 0.3 is 0 Å². The summed E-state index contributed by atoms with van der Waals surface area (Å²) >= 11 is 0. The van der Waals surface area contributed by atoms with Crippen LogP contribution in [0.2, 0.25) is 0 Å². The van der Waals surface area contributed by atoms with Gasteiger partial charge in [0.1, 0.15) is 0 Å². The van der Waals surface area contributed by atoms with Gasteiger partial charge in [0.15, 0.2) is 0 Å². The Morgan fingerprint density at radius 3 is 1.04 bits per heavy atom. The molecule has 0 heterocycles. The van der Waals surface area contributed by atoms with Gasteiger partial charge in [-0.1, -0.05) is 0 Å². The van der Waals surface area contributed by atoms with E-state index in [2.05, 4.69) is 22.1 Å². The average Bonchev–Trinajstić information content (AvgIpc) is 2.62. The average molecular weight is 371 g/mol. The minimum absolute atomic E-state index is 0.250. The van der Waals surface area contributed by atoms with Gasteiger partial charge in [0.25, 0.3) is 0 Å². The zero-order chi connectivity index (χ0) is 19.4. The molecular weight excluding hydrogens is 328 g/mol. The number of hydrogen-bond acceptors (Lipinski definition) is 10. The van der Waals surface area contributed by atoms with Crippen molar-refractivity contribution in [2.45, 2.75) is 0 Å². The highest BCUT2D eigenvalue weighted by molar-refractivity contribution is 4.38. The Morgan fingerprint density at radius 1 is 0.520 bits per heavy atom. The first-order chi connectivity index (χ1) is 12.2. The normalized spacial score (nSPS) is 9.84. The third kappa shape index (κ3) is 45.2. The summed E-state index contributed by atoms with van der Waals surface area (Å²) in [7, 11) is 3.82. The number of hydrogen-bond donors (Lipinski definition) is 6. The molecule has 0 aromatic rings. The second-order valence-corrected chi connectivity index (χ2v) is 4.47.